The SMILES string of the molecule is Cn1c(C(=O)NCc2ccc(F)cc2-c2ccc(C(=O)O)c(C(F)(F)F)c2)cc2ccc(Cl)cc21. The summed E-state index contributed by atoms with van der Waals surface area (Å²) in [5.41, 5.74) is -0.793. The Morgan fingerprint density at radius 3 is 2.46 bits per heavy atom. The molecule has 4 rings (SSSR count). The van der Waals surface area contributed by atoms with Crippen molar-refractivity contribution < 1.29 is 32.3 Å². The molecule has 0 atom stereocenters. The van der Waals surface area contributed by atoms with Gasteiger partial charge in [0, 0.05) is 29.5 Å². The van der Waals surface area contributed by atoms with Gasteiger partial charge in [0.2, 0.25) is 0 Å². The molecule has 0 radical (unpaired) electrons. The quantitative estimate of drug-likeness (QED) is 0.314. The van der Waals surface area contributed by atoms with Crippen molar-refractivity contribution in [1.82, 2.24) is 9.88 Å². The van der Waals surface area contributed by atoms with Crippen molar-refractivity contribution in [2.45, 2.75) is 12.7 Å². The summed E-state index contributed by atoms with van der Waals surface area (Å²) in [6.07, 6.45) is -4.93. The van der Waals surface area contributed by atoms with Gasteiger partial charge in [0.15, 0.2) is 0 Å². The summed E-state index contributed by atoms with van der Waals surface area (Å²) >= 11 is 6.03. The second-order valence-corrected chi connectivity index (χ2v) is 8.28. The van der Waals surface area contributed by atoms with Crippen LogP contribution in [0.4, 0.5) is 17.6 Å². The molecule has 1 amide bonds. The fourth-order valence-corrected chi connectivity index (χ4v) is 4.06. The lowest BCUT2D eigenvalue weighted by molar-refractivity contribution is -0.138. The number of alkyl halides is 3. The van der Waals surface area contributed by atoms with Crippen molar-refractivity contribution in [1.29, 1.82) is 0 Å². The van der Waals surface area contributed by atoms with E-state index in [2.05, 4.69) is 5.32 Å². The van der Waals surface area contributed by atoms with Crippen molar-refractivity contribution >= 4 is 34.4 Å². The molecule has 0 aliphatic heterocycles. The summed E-state index contributed by atoms with van der Waals surface area (Å²) in [5.74, 6) is -2.88. The first kappa shape index (κ1) is 24.3. The zero-order valence-corrected chi connectivity index (χ0v) is 18.8. The van der Waals surface area contributed by atoms with Gasteiger partial charge in [-0.15, -0.1) is 0 Å². The molecule has 1 heterocycles. The number of halogens is 5. The van der Waals surface area contributed by atoms with Crippen molar-refractivity contribution in [2.75, 3.05) is 0 Å². The van der Waals surface area contributed by atoms with Crippen LogP contribution in [0.25, 0.3) is 22.0 Å². The van der Waals surface area contributed by atoms with Crippen LogP contribution < -0.4 is 5.32 Å². The molecular weight excluding hydrogens is 488 g/mol. The molecular formula is C25H17ClF4N2O3. The highest BCUT2D eigenvalue weighted by Gasteiger charge is 2.35. The first-order valence-corrected chi connectivity index (χ1v) is 10.6. The molecule has 0 fully saturated rings. The predicted molar refractivity (Wildman–Crippen MR) is 123 cm³/mol. The van der Waals surface area contributed by atoms with Crippen LogP contribution in [0.3, 0.4) is 0 Å². The van der Waals surface area contributed by atoms with Gasteiger partial charge in [0.05, 0.1) is 11.1 Å². The van der Waals surface area contributed by atoms with Gasteiger partial charge in [-0.25, -0.2) is 9.18 Å². The number of amides is 1. The van der Waals surface area contributed by atoms with E-state index in [0.717, 1.165) is 29.1 Å². The molecule has 0 bridgehead atoms. The molecule has 0 unspecified atom stereocenters. The average Bonchev–Trinajstić information content (AvgIpc) is 3.12. The van der Waals surface area contributed by atoms with Gasteiger partial charge in [0.1, 0.15) is 11.5 Å². The Hall–Kier alpha value is -3.85. The number of fused-ring (bicyclic) bond motifs is 1. The largest absolute Gasteiger partial charge is 0.478 e. The number of benzene rings is 3. The predicted octanol–water partition coefficient (Wildman–Crippen LogP) is 6.28. The third-order valence-corrected chi connectivity index (χ3v) is 5.85. The zero-order chi connectivity index (χ0) is 25.5. The number of nitrogens with zero attached hydrogens (tertiary/aromatic N) is 1. The minimum absolute atomic E-state index is 0.0367. The molecule has 1 aromatic heterocycles. The van der Waals surface area contributed by atoms with Gasteiger partial charge < -0.3 is 15.0 Å². The normalized spacial score (nSPS) is 11.6. The van der Waals surface area contributed by atoms with E-state index in [4.69, 9.17) is 16.7 Å². The van der Waals surface area contributed by atoms with Crippen LogP contribution in [0.5, 0.6) is 0 Å². The molecule has 5 nitrogen and oxygen atoms in total. The fraction of sp³-hybridized carbons (Fsp3) is 0.120. The minimum atomic E-state index is -4.93. The molecule has 0 aliphatic carbocycles. The minimum Gasteiger partial charge on any atom is -0.478 e. The zero-order valence-electron chi connectivity index (χ0n) is 18.1. The van der Waals surface area contributed by atoms with E-state index >= 15 is 0 Å². The van der Waals surface area contributed by atoms with Crippen molar-refractivity contribution in [3.63, 3.8) is 0 Å². The maximum Gasteiger partial charge on any atom is 0.417 e. The molecule has 180 valence electrons. The summed E-state index contributed by atoms with van der Waals surface area (Å²) in [6, 6.07) is 13.0. The molecule has 2 N–H and O–H groups in total. The summed E-state index contributed by atoms with van der Waals surface area (Å²) in [5, 5.41) is 13.1. The van der Waals surface area contributed by atoms with E-state index in [9.17, 15) is 27.2 Å². The van der Waals surface area contributed by atoms with Gasteiger partial charge in [-0.3, -0.25) is 4.79 Å². The maximum atomic E-state index is 14.0. The van der Waals surface area contributed by atoms with E-state index in [-0.39, 0.29) is 17.7 Å². The molecule has 0 saturated carbocycles. The Balaban J connectivity index is 1.67. The van der Waals surface area contributed by atoms with Crippen molar-refractivity contribution in [3.05, 3.63) is 93.9 Å². The smallest absolute Gasteiger partial charge is 0.417 e. The average molecular weight is 505 g/mol. The van der Waals surface area contributed by atoms with Crippen molar-refractivity contribution in [3.8, 4) is 11.1 Å². The van der Waals surface area contributed by atoms with Crippen LogP contribution in [0.1, 0.15) is 32.0 Å². The monoisotopic (exact) mass is 504 g/mol. The molecule has 0 spiro atoms. The van der Waals surface area contributed by atoms with Gasteiger partial charge in [-0.2, -0.15) is 13.2 Å². The second-order valence-electron chi connectivity index (χ2n) is 7.84. The summed E-state index contributed by atoms with van der Waals surface area (Å²) in [4.78, 5) is 24.1. The molecule has 0 saturated heterocycles. The number of carboxylic acids is 1. The summed E-state index contributed by atoms with van der Waals surface area (Å²) in [7, 11) is 1.69. The Labute approximate surface area is 201 Å². The molecule has 0 aliphatic rings. The number of carboxylic acid groups (broad SMARTS) is 1. The molecule has 4 aromatic rings. The third-order valence-electron chi connectivity index (χ3n) is 5.62. The van der Waals surface area contributed by atoms with E-state index in [1.807, 2.05) is 0 Å². The van der Waals surface area contributed by atoms with Crippen LogP contribution in [0.2, 0.25) is 5.02 Å². The number of aryl methyl sites for hydroxylation is 1. The first-order valence-electron chi connectivity index (χ1n) is 10.2. The Kier molecular flexibility index (Phi) is 6.29. The topological polar surface area (TPSA) is 71.3 Å². The van der Waals surface area contributed by atoms with Gasteiger partial charge in [-0.1, -0.05) is 29.8 Å². The molecule has 10 heteroatoms. The van der Waals surface area contributed by atoms with Gasteiger partial charge in [0.25, 0.3) is 5.91 Å². The highest BCUT2D eigenvalue weighted by molar-refractivity contribution is 6.31. The van der Waals surface area contributed by atoms with Gasteiger partial charge in [-0.05, 0) is 59.2 Å². The number of nitrogens with one attached hydrogen (secondary N) is 1. The number of aromatic carboxylic acids is 1. The number of aromatic nitrogens is 1. The van der Waals surface area contributed by atoms with E-state index in [0.29, 0.717) is 22.3 Å². The summed E-state index contributed by atoms with van der Waals surface area (Å²) < 4.78 is 56.1. The Morgan fingerprint density at radius 1 is 1.03 bits per heavy atom. The number of carbonyl (C=O) groups is 2. The fourth-order valence-electron chi connectivity index (χ4n) is 3.89. The van der Waals surface area contributed by atoms with Crippen LogP contribution in [-0.2, 0) is 19.8 Å². The number of hydrogen-bond donors (Lipinski definition) is 2. The van der Waals surface area contributed by atoms with Crippen LogP contribution in [-0.4, -0.2) is 21.6 Å². The maximum absolute atomic E-state index is 14.0. The lowest BCUT2D eigenvalue weighted by Crippen LogP contribution is -2.25. The number of hydrogen-bond acceptors (Lipinski definition) is 2. The van der Waals surface area contributed by atoms with Crippen LogP contribution in [0, 0.1) is 5.82 Å². The lowest BCUT2D eigenvalue weighted by Gasteiger charge is -2.15. The van der Waals surface area contributed by atoms with Crippen LogP contribution in [0.15, 0.2) is 60.7 Å². The molecule has 35 heavy (non-hydrogen) atoms. The number of rotatable bonds is 5. The highest BCUT2D eigenvalue weighted by Crippen LogP contribution is 2.36. The molecule has 3 aromatic carbocycles. The standard InChI is InChI=1S/C25H17ClF4N2O3/c1-32-21-10-16(26)5-2-14(21)9-22(32)23(33)31-12-15-3-6-17(27)11-19(15)13-4-7-18(24(34)35)20(8-13)25(28,29)30/h2-11H,12H2,1H3,(H,31,33)(H,34,35). The Bertz CT molecular complexity index is 1480. The lowest BCUT2D eigenvalue weighted by atomic mass is 9.95. The van der Waals surface area contributed by atoms with Crippen LogP contribution >= 0.6 is 11.6 Å². The third kappa shape index (κ3) is 4.85. The first-order chi connectivity index (χ1) is 16.5. The highest BCUT2D eigenvalue weighted by atomic mass is 35.5. The van der Waals surface area contributed by atoms with Crippen molar-refractivity contribution in [2.24, 2.45) is 7.05 Å². The van der Waals surface area contributed by atoms with E-state index < -0.39 is 35.0 Å². The number of carbonyl (C=O) groups excluding carboxylic acids is 1. The summed E-state index contributed by atoms with van der Waals surface area (Å²) in [6.45, 7) is -0.112. The van der Waals surface area contributed by atoms with E-state index in [1.165, 1.54) is 12.1 Å². The van der Waals surface area contributed by atoms with Gasteiger partial charge >= 0.3 is 12.1 Å². The second kappa shape index (κ2) is 9.07. The van der Waals surface area contributed by atoms with E-state index in [1.54, 1.807) is 35.9 Å². The Morgan fingerprint density at radius 2 is 1.77 bits per heavy atom.